The smallest absolute Gasteiger partial charge is 0.264 e. The van der Waals surface area contributed by atoms with Crippen molar-refractivity contribution in [3.05, 3.63) is 32.9 Å². The minimum absolute atomic E-state index is 0.0867. The molecule has 0 aliphatic carbocycles. The number of hydrogen-bond donors (Lipinski definition) is 2. The number of halogens is 2. The summed E-state index contributed by atoms with van der Waals surface area (Å²) < 4.78 is 32.2. The van der Waals surface area contributed by atoms with Gasteiger partial charge in [-0.15, -0.1) is 11.3 Å². The van der Waals surface area contributed by atoms with Gasteiger partial charge in [0.15, 0.2) is 0 Å². The topological polar surface area (TPSA) is 81.4 Å². The van der Waals surface area contributed by atoms with E-state index < -0.39 is 10.0 Å². The lowest BCUT2D eigenvalue weighted by Crippen LogP contribution is -2.13. The second kappa shape index (κ2) is 5.69. The van der Waals surface area contributed by atoms with Gasteiger partial charge in [-0.1, -0.05) is 23.2 Å². The predicted molar refractivity (Wildman–Crippen MR) is 82.6 cm³/mol. The lowest BCUT2D eigenvalue weighted by Gasteiger charge is -2.11. The van der Waals surface area contributed by atoms with Crippen molar-refractivity contribution in [2.24, 2.45) is 0 Å². The number of nitrogen functional groups attached to an aromatic ring is 1. The number of methoxy groups -OCH3 is 1. The molecule has 1 aromatic carbocycles. The van der Waals surface area contributed by atoms with Crippen LogP contribution in [0.15, 0.2) is 29.2 Å². The quantitative estimate of drug-likeness (QED) is 0.825. The number of nitrogens with one attached hydrogen (secondary N) is 1. The van der Waals surface area contributed by atoms with E-state index in [2.05, 4.69) is 4.72 Å². The molecule has 3 N–H and O–H groups in total. The summed E-state index contributed by atoms with van der Waals surface area (Å²) in [5.74, 6) is 0.478. The fourth-order valence-electron chi connectivity index (χ4n) is 1.46. The zero-order valence-corrected chi connectivity index (χ0v) is 13.3. The molecule has 1 heterocycles. The van der Waals surface area contributed by atoms with Gasteiger partial charge in [0.2, 0.25) is 0 Å². The number of benzene rings is 1. The SMILES string of the molecule is COc1ccc(N)c(NS(=O)(=O)c2cc(Cl)sc2Cl)c1. The molecular formula is C11H10Cl2N2O3S2. The van der Waals surface area contributed by atoms with Crippen molar-refractivity contribution in [1.29, 1.82) is 0 Å². The molecular weight excluding hydrogens is 343 g/mol. The Morgan fingerprint density at radius 2 is 2.00 bits per heavy atom. The molecule has 0 radical (unpaired) electrons. The summed E-state index contributed by atoms with van der Waals surface area (Å²) in [7, 11) is -2.39. The second-order valence-electron chi connectivity index (χ2n) is 3.75. The molecule has 0 spiro atoms. The summed E-state index contributed by atoms with van der Waals surface area (Å²) in [6.45, 7) is 0. The van der Waals surface area contributed by atoms with Crippen molar-refractivity contribution in [2.75, 3.05) is 17.6 Å². The monoisotopic (exact) mass is 352 g/mol. The first-order valence-electron chi connectivity index (χ1n) is 5.24. The van der Waals surface area contributed by atoms with E-state index in [9.17, 15) is 8.42 Å². The van der Waals surface area contributed by atoms with E-state index in [4.69, 9.17) is 33.7 Å². The van der Waals surface area contributed by atoms with Crippen molar-refractivity contribution in [2.45, 2.75) is 4.90 Å². The van der Waals surface area contributed by atoms with Gasteiger partial charge in [-0.25, -0.2) is 8.42 Å². The standard InChI is InChI=1S/C11H10Cl2N2O3S2/c1-18-6-2-3-7(14)8(4-6)15-20(16,17)9-5-10(12)19-11(9)13/h2-5,15H,14H2,1H3. The van der Waals surface area contributed by atoms with Crippen LogP contribution in [-0.4, -0.2) is 15.5 Å². The highest BCUT2D eigenvalue weighted by molar-refractivity contribution is 7.93. The minimum Gasteiger partial charge on any atom is -0.497 e. The van der Waals surface area contributed by atoms with Crippen LogP contribution in [0.3, 0.4) is 0 Å². The molecule has 9 heteroatoms. The molecule has 0 unspecified atom stereocenters. The first kappa shape index (κ1) is 15.2. The average molecular weight is 353 g/mol. The highest BCUT2D eigenvalue weighted by atomic mass is 35.5. The highest BCUT2D eigenvalue weighted by Gasteiger charge is 2.22. The third-order valence-corrected chi connectivity index (χ3v) is 5.54. The molecule has 20 heavy (non-hydrogen) atoms. The van der Waals surface area contributed by atoms with Crippen LogP contribution in [0.25, 0.3) is 0 Å². The van der Waals surface area contributed by atoms with Crippen molar-refractivity contribution >= 4 is 55.9 Å². The number of sulfonamides is 1. The first-order valence-corrected chi connectivity index (χ1v) is 8.30. The van der Waals surface area contributed by atoms with Gasteiger partial charge in [0.1, 0.15) is 15.0 Å². The molecule has 1 aromatic heterocycles. The van der Waals surface area contributed by atoms with Crippen molar-refractivity contribution in [3.8, 4) is 5.75 Å². The van der Waals surface area contributed by atoms with E-state index in [1.54, 1.807) is 12.1 Å². The molecule has 0 atom stereocenters. The molecule has 0 amide bonds. The molecule has 108 valence electrons. The second-order valence-corrected chi connectivity index (χ2v) is 7.68. The zero-order valence-electron chi connectivity index (χ0n) is 10.2. The van der Waals surface area contributed by atoms with Gasteiger partial charge >= 0.3 is 0 Å². The van der Waals surface area contributed by atoms with Crippen LogP contribution < -0.4 is 15.2 Å². The van der Waals surface area contributed by atoms with Gasteiger partial charge in [-0.2, -0.15) is 0 Å². The largest absolute Gasteiger partial charge is 0.497 e. The minimum atomic E-state index is -3.86. The van der Waals surface area contributed by atoms with Gasteiger partial charge in [0.25, 0.3) is 10.0 Å². The van der Waals surface area contributed by atoms with Crippen molar-refractivity contribution < 1.29 is 13.2 Å². The zero-order chi connectivity index (χ0) is 14.9. The Hall–Kier alpha value is -1.15. The molecule has 5 nitrogen and oxygen atoms in total. The van der Waals surface area contributed by atoms with Gasteiger partial charge in [0.05, 0.1) is 22.8 Å². The number of anilines is 2. The number of nitrogens with two attached hydrogens (primary N) is 1. The Kier molecular flexibility index (Phi) is 4.33. The third kappa shape index (κ3) is 3.12. The van der Waals surface area contributed by atoms with Crippen molar-refractivity contribution in [3.63, 3.8) is 0 Å². The number of thiophene rings is 1. The predicted octanol–water partition coefficient (Wildman–Crippen LogP) is 3.45. The molecule has 0 saturated heterocycles. The van der Waals surface area contributed by atoms with Crippen molar-refractivity contribution in [1.82, 2.24) is 0 Å². The Morgan fingerprint density at radius 3 is 2.55 bits per heavy atom. The number of ether oxygens (including phenoxy) is 1. The lowest BCUT2D eigenvalue weighted by atomic mass is 10.2. The maximum atomic E-state index is 12.2. The van der Waals surface area contributed by atoms with Gasteiger partial charge < -0.3 is 10.5 Å². The Labute approximate surface area is 130 Å². The highest BCUT2D eigenvalue weighted by Crippen LogP contribution is 2.36. The average Bonchev–Trinajstić information content (AvgIpc) is 2.72. The van der Waals surface area contributed by atoms with E-state index in [1.165, 1.54) is 19.2 Å². The molecule has 0 bridgehead atoms. The molecule has 2 rings (SSSR count). The van der Waals surface area contributed by atoms with Crippen LogP contribution in [0.2, 0.25) is 8.67 Å². The van der Waals surface area contributed by atoms with E-state index in [0.717, 1.165) is 11.3 Å². The summed E-state index contributed by atoms with van der Waals surface area (Å²) in [6, 6.07) is 5.93. The third-order valence-electron chi connectivity index (χ3n) is 2.42. The summed E-state index contributed by atoms with van der Waals surface area (Å²) >= 11 is 12.6. The Bertz CT molecular complexity index is 744. The maximum absolute atomic E-state index is 12.2. The fraction of sp³-hybridized carbons (Fsp3) is 0.0909. The maximum Gasteiger partial charge on any atom is 0.264 e. The van der Waals surface area contributed by atoms with E-state index in [0.29, 0.717) is 5.75 Å². The summed E-state index contributed by atoms with van der Waals surface area (Å²) in [5.41, 5.74) is 6.21. The molecule has 0 fully saturated rings. The van der Waals surface area contributed by atoms with E-state index in [-0.39, 0.29) is 24.9 Å². The lowest BCUT2D eigenvalue weighted by molar-refractivity contribution is 0.415. The summed E-state index contributed by atoms with van der Waals surface area (Å²) in [4.78, 5) is -0.0867. The van der Waals surface area contributed by atoms with E-state index >= 15 is 0 Å². The molecule has 0 aliphatic heterocycles. The summed E-state index contributed by atoms with van der Waals surface area (Å²) in [6.07, 6.45) is 0. The summed E-state index contributed by atoms with van der Waals surface area (Å²) in [5, 5.41) is 0. The van der Waals surface area contributed by atoms with Gasteiger partial charge in [0, 0.05) is 6.07 Å². The fourth-order valence-corrected chi connectivity index (χ4v) is 4.69. The molecule has 0 aliphatic rings. The van der Waals surface area contributed by atoms with Crippen LogP contribution in [0.5, 0.6) is 5.75 Å². The van der Waals surface area contributed by atoms with Crippen LogP contribution >= 0.6 is 34.5 Å². The van der Waals surface area contributed by atoms with Crippen LogP contribution in [0.4, 0.5) is 11.4 Å². The van der Waals surface area contributed by atoms with Crippen LogP contribution in [0, 0.1) is 0 Å². The first-order chi connectivity index (χ1) is 9.33. The molecule has 2 aromatic rings. The number of rotatable bonds is 4. The number of hydrogen-bond acceptors (Lipinski definition) is 5. The Morgan fingerprint density at radius 1 is 1.30 bits per heavy atom. The van der Waals surface area contributed by atoms with Crippen LogP contribution in [0.1, 0.15) is 0 Å². The van der Waals surface area contributed by atoms with Crippen LogP contribution in [-0.2, 0) is 10.0 Å². The molecule has 0 saturated carbocycles. The Balaban J connectivity index is 2.40. The van der Waals surface area contributed by atoms with Gasteiger partial charge in [-0.05, 0) is 18.2 Å². The van der Waals surface area contributed by atoms with E-state index in [1.807, 2.05) is 0 Å². The normalized spacial score (nSPS) is 11.3. The van der Waals surface area contributed by atoms with Gasteiger partial charge in [-0.3, -0.25) is 4.72 Å².